The Morgan fingerprint density at radius 2 is 1.94 bits per heavy atom. The first-order valence-corrected chi connectivity index (χ1v) is 7.22. The van der Waals surface area contributed by atoms with Gasteiger partial charge in [-0.2, -0.15) is 0 Å². The number of amides is 1. The fourth-order valence-corrected chi connectivity index (χ4v) is 2.30. The quantitative estimate of drug-likeness (QED) is 0.766. The van der Waals surface area contributed by atoms with Gasteiger partial charge >= 0.3 is 0 Å². The fraction of sp³-hybridized carbons (Fsp3) is 0.500. The van der Waals surface area contributed by atoms with Crippen LogP contribution in [0.4, 0.5) is 0 Å². The third-order valence-corrected chi connectivity index (χ3v) is 3.62. The maximum Gasteiger partial charge on any atom is 0.254 e. The van der Waals surface area contributed by atoms with Gasteiger partial charge in [0.1, 0.15) is 0 Å². The van der Waals surface area contributed by atoms with Crippen molar-refractivity contribution in [2.24, 2.45) is 5.92 Å². The van der Waals surface area contributed by atoms with E-state index in [1.54, 1.807) is 0 Å². The maximum absolute atomic E-state index is 12.4. The molecule has 1 aromatic rings. The second-order valence-electron chi connectivity index (χ2n) is 5.09. The largest absolute Gasteiger partial charge is 0.335 e. The Labute approximate surface area is 117 Å². The molecule has 1 aromatic carbocycles. The van der Waals surface area contributed by atoms with Crippen molar-refractivity contribution >= 4 is 28.5 Å². The summed E-state index contributed by atoms with van der Waals surface area (Å²) in [5, 5.41) is 0. The second kappa shape index (κ2) is 5.38. The number of rotatable bonds is 4. The molecule has 17 heavy (non-hydrogen) atoms. The Morgan fingerprint density at radius 3 is 2.41 bits per heavy atom. The van der Waals surface area contributed by atoms with Gasteiger partial charge in [0.05, 0.1) is 0 Å². The normalized spacial score (nSPS) is 15.1. The van der Waals surface area contributed by atoms with E-state index in [9.17, 15) is 4.79 Å². The van der Waals surface area contributed by atoms with Gasteiger partial charge in [-0.15, -0.1) is 0 Å². The fourth-order valence-electron chi connectivity index (χ4n) is 1.94. The minimum absolute atomic E-state index is 0.192. The molecule has 3 heteroatoms. The van der Waals surface area contributed by atoms with Crippen LogP contribution < -0.4 is 0 Å². The molecule has 0 heterocycles. The van der Waals surface area contributed by atoms with Gasteiger partial charge in [-0.3, -0.25) is 4.79 Å². The Bertz CT molecular complexity index is 395. The van der Waals surface area contributed by atoms with Crippen LogP contribution in [-0.2, 0) is 0 Å². The number of hydrogen-bond donors (Lipinski definition) is 0. The van der Waals surface area contributed by atoms with Crippen molar-refractivity contribution < 1.29 is 4.79 Å². The Balaban J connectivity index is 2.12. The summed E-state index contributed by atoms with van der Waals surface area (Å²) in [6.07, 6.45) is 2.34. The van der Waals surface area contributed by atoms with Crippen molar-refractivity contribution in [2.75, 3.05) is 6.54 Å². The lowest BCUT2D eigenvalue weighted by atomic mass is 10.1. The molecule has 0 spiro atoms. The summed E-state index contributed by atoms with van der Waals surface area (Å²) in [5.74, 6) is 0.723. The predicted molar refractivity (Wildman–Crippen MR) is 78.1 cm³/mol. The smallest absolute Gasteiger partial charge is 0.254 e. The van der Waals surface area contributed by atoms with Crippen LogP contribution in [-0.4, -0.2) is 23.4 Å². The highest BCUT2D eigenvalue weighted by molar-refractivity contribution is 14.1. The van der Waals surface area contributed by atoms with Gasteiger partial charge in [-0.1, -0.05) is 13.8 Å². The molecule has 0 atom stereocenters. The number of hydrogen-bond acceptors (Lipinski definition) is 1. The molecule has 1 amide bonds. The number of benzene rings is 1. The summed E-state index contributed by atoms with van der Waals surface area (Å²) in [5.41, 5.74) is 0.818. The van der Waals surface area contributed by atoms with Crippen LogP contribution >= 0.6 is 22.6 Å². The van der Waals surface area contributed by atoms with Crippen LogP contribution in [0, 0.1) is 9.49 Å². The summed E-state index contributed by atoms with van der Waals surface area (Å²) in [7, 11) is 0. The van der Waals surface area contributed by atoms with Crippen LogP contribution in [0.25, 0.3) is 0 Å². The molecule has 0 bridgehead atoms. The van der Waals surface area contributed by atoms with E-state index in [1.807, 2.05) is 29.2 Å². The monoisotopic (exact) mass is 343 g/mol. The molecule has 0 N–H and O–H groups in total. The molecular weight excluding hydrogens is 325 g/mol. The van der Waals surface area contributed by atoms with E-state index in [1.165, 1.54) is 16.4 Å². The highest BCUT2D eigenvalue weighted by atomic mass is 127. The summed E-state index contributed by atoms with van der Waals surface area (Å²) in [4.78, 5) is 14.4. The molecule has 1 aliphatic carbocycles. The summed E-state index contributed by atoms with van der Waals surface area (Å²) >= 11 is 2.26. The second-order valence-corrected chi connectivity index (χ2v) is 6.34. The zero-order chi connectivity index (χ0) is 12.4. The Hall–Kier alpha value is -0.580. The van der Waals surface area contributed by atoms with Gasteiger partial charge in [0.25, 0.3) is 5.91 Å². The van der Waals surface area contributed by atoms with Gasteiger partial charge in [-0.05, 0) is 65.6 Å². The van der Waals surface area contributed by atoms with Crippen molar-refractivity contribution in [2.45, 2.75) is 32.7 Å². The zero-order valence-electron chi connectivity index (χ0n) is 10.3. The molecule has 2 rings (SSSR count). The van der Waals surface area contributed by atoms with Crippen molar-refractivity contribution in [3.8, 4) is 0 Å². The molecule has 0 aliphatic heterocycles. The SMILES string of the molecule is CC(C)CN(C(=O)c1ccc(I)cc1)C1CC1. The van der Waals surface area contributed by atoms with E-state index in [0.717, 1.165) is 12.1 Å². The van der Waals surface area contributed by atoms with Gasteiger partial charge in [0.15, 0.2) is 0 Å². The van der Waals surface area contributed by atoms with Crippen LogP contribution in [0.1, 0.15) is 37.0 Å². The molecule has 1 fully saturated rings. The van der Waals surface area contributed by atoms with Gasteiger partial charge in [-0.25, -0.2) is 0 Å². The van der Waals surface area contributed by atoms with Crippen LogP contribution in [0.3, 0.4) is 0 Å². The Morgan fingerprint density at radius 1 is 1.35 bits per heavy atom. The summed E-state index contributed by atoms with van der Waals surface area (Å²) in [6, 6.07) is 8.34. The predicted octanol–water partition coefficient (Wildman–Crippen LogP) is 3.55. The molecule has 0 radical (unpaired) electrons. The highest BCUT2D eigenvalue weighted by Gasteiger charge is 2.33. The first-order chi connectivity index (χ1) is 8.08. The minimum Gasteiger partial charge on any atom is -0.335 e. The lowest BCUT2D eigenvalue weighted by Crippen LogP contribution is -2.36. The summed E-state index contributed by atoms with van der Waals surface area (Å²) in [6.45, 7) is 5.20. The van der Waals surface area contributed by atoms with Crippen LogP contribution in [0.15, 0.2) is 24.3 Å². The molecule has 0 unspecified atom stereocenters. The number of halogens is 1. The topological polar surface area (TPSA) is 20.3 Å². The van der Waals surface area contributed by atoms with Gasteiger partial charge < -0.3 is 4.90 Å². The molecule has 0 aromatic heterocycles. The van der Waals surface area contributed by atoms with Crippen molar-refractivity contribution in [3.05, 3.63) is 33.4 Å². The third-order valence-electron chi connectivity index (χ3n) is 2.90. The first-order valence-electron chi connectivity index (χ1n) is 6.14. The zero-order valence-corrected chi connectivity index (χ0v) is 12.5. The van der Waals surface area contributed by atoms with E-state index in [4.69, 9.17) is 0 Å². The molecule has 0 saturated heterocycles. The average molecular weight is 343 g/mol. The maximum atomic E-state index is 12.4. The van der Waals surface area contributed by atoms with Crippen LogP contribution in [0.2, 0.25) is 0 Å². The van der Waals surface area contributed by atoms with Crippen molar-refractivity contribution in [1.82, 2.24) is 4.90 Å². The van der Waals surface area contributed by atoms with Crippen molar-refractivity contribution in [1.29, 1.82) is 0 Å². The molecule has 1 aliphatic rings. The molecular formula is C14H18INO. The van der Waals surface area contributed by atoms with E-state index in [2.05, 4.69) is 36.4 Å². The number of carbonyl (C=O) groups excluding carboxylic acids is 1. The van der Waals surface area contributed by atoms with Crippen LogP contribution in [0.5, 0.6) is 0 Å². The molecule has 92 valence electrons. The number of nitrogens with zero attached hydrogens (tertiary/aromatic N) is 1. The van der Waals surface area contributed by atoms with E-state index in [-0.39, 0.29) is 5.91 Å². The summed E-state index contributed by atoms with van der Waals surface area (Å²) < 4.78 is 1.17. The Kier molecular flexibility index (Phi) is 4.07. The van der Waals surface area contributed by atoms with E-state index < -0.39 is 0 Å². The van der Waals surface area contributed by atoms with E-state index >= 15 is 0 Å². The standard InChI is InChI=1S/C14H18INO/c1-10(2)9-16(13-7-8-13)14(17)11-3-5-12(15)6-4-11/h3-6,10,13H,7-9H2,1-2H3. The lowest BCUT2D eigenvalue weighted by Gasteiger charge is -2.24. The molecule has 2 nitrogen and oxygen atoms in total. The van der Waals surface area contributed by atoms with Crippen molar-refractivity contribution in [3.63, 3.8) is 0 Å². The molecule has 1 saturated carbocycles. The lowest BCUT2D eigenvalue weighted by molar-refractivity contribution is 0.0722. The number of carbonyl (C=O) groups is 1. The highest BCUT2D eigenvalue weighted by Crippen LogP contribution is 2.29. The average Bonchev–Trinajstić information content (AvgIpc) is 3.09. The first kappa shape index (κ1) is 12.9. The van der Waals surface area contributed by atoms with Gasteiger partial charge in [0.2, 0.25) is 0 Å². The van der Waals surface area contributed by atoms with Gasteiger partial charge in [0, 0.05) is 21.7 Å². The third kappa shape index (κ3) is 3.44. The minimum atomic E-state index is 0.192. The van der Waals surface area contributed by atoms with E-state index in [0.29, 0.717) is 12.0 Å².